The van der Waals surface area contributed by atoms with Gasteiger partial charge in [0.25, 0.3) is 11.6 Å². The van der Waals surface area contributed by atoms with Gasteiger partial charge in [0.1, 0.15) is 5.56 Å². The maximum Gasteiger partial charge on any atom is 0.307 e. The van der Waals surface area contributed by atoms with Gasteiger partial charge in [-0.1, -0.05) is 35.9 Å². The zero-order valence-corrected chi connectivity index (χ0v) is 14.0. The van der Waals surface area contributed by atoms with Crippen molar-refractivity contribution in [3.8, 4) is 0 Å². The molecule has 130 valence electrons. The van der Waals surface area contributed by atoms with Crippen LogP contribution in [0.15, 0.2) is 48.5 Å². The highest BCUT2D eigenvalue weighted by Crippen LogP contribution is 2.23. The van der Waals surface area contributed by atoms with Crippen LogP contribution in [0.4, 0.5) is 5.69 Å². The van der Waals surface area contributed by atoms with Crippen LogP contribution in [0.3, 0.4) is 0 Å². The van der Waals surface area contributed by atoms with Gasteiger partial charge in [-0.05, 0) is 23.8 Å². The van der Waals surface area contributed by atoms with E-state index in [9.17, 15) is 19.7 Å². The molecule has 0 aromatic heterocycles. The van der Waals surface area contributed by atoms with E-state index in [-0.39, 0.29) is 17.7 Å². The molecule has 0 bridgehead atoms. The minimum Gasteiger partial charge on any atom is -0.469 e. The highest BCUT2D eigenvalue weighted by molar-refractivity contribution is 6.30. The Morgan fingerprint density at radius 2 is 1.84 bits per heavy atom. The van der Waals surface area contributed by atoms with E-state index >= 15 is 0 Å². The zero-order valence-electron chi connectivity index (χ0n) is 13.3. The number of esters is 1. The number of hydrogen-bond acceptors (Lipinski definition) is 5. The molecule has 0 aliphatic heterocycles. The van der Waals surface area contributed by atoms with Crippen molar-refractivity contribution >= 4 is 29.2 Å². The van der Waals surface area contributed by atoms with Gasteiger partial charge in [0.2, 0.25) is 0 Å². The molecule has 1 amide bonds. The Labute approximate surface area is 148 Å². The minimum absolute atomic E-state index is 0.0867. The number of ether oxygens (including phenoxy) is 1. The van der Waals surface area contributed by atoms with Gasteiger partial charge in [-0.3, -0.25) is 19.7 Å². The van der Waals surface area contributed by atoms with Crippen LogP contribution in [0.2, 0.25) is 5.02 Å². The number of rotatable bonds is 6. The molecule has 0 radical (unpaired) electrons. The van der Waals surface area contributed by atoms with E-state index in [1.54, 1.807) is 24.3 Å². The number of halogens is 1. The van der Waals surface area contributed by atoms with Crippen LogP contribution in [0.1, 0.15) is 28.4 Å². The third-order valence-electron chi connectivity index (χ3n) is 3.52. The monoisotopic (exact) mass is 362 g/mol. The normalized spacial score (nSPS) is 11.4. The lowest BCUT2D eigenvalue weighted by Gasteiger charge is -2.18. The molecule has 0 heterocycles. The average Bonchev–Trinajstić information content (AvgIpc) is 2.61. The fraction of sp³-hybridized carbons (Fsp3) is 0.176. The topological polar surface area (TPSA) is 98.5 Å². The Morgan fingerprint density at radius 3 is 2.44 bits per heavy atom. The number of benzene rings is 2. The molecule has 0 saturated carbocycles. The van der Waals surface area contributed by atoms with Gasteiger partial charge in [0.05, 0.1) is 24.5 Å². The van der Waals surface area contributed by atoms with Crippen molar-refractivity contribution in [3.05, 3.63) is 74.8 Å². The summed E-state index contributed by atoms with van der Waals surface area (Å²) in [5.41, 5.74) is 0.228. The number of nitro benzene ring substituents is 1. The van der Waals surface area contributed by atoms with Crippen LogP contribution < -0.4 is 5.32 Å². The SMILES string of the molecule is COC(=O)CC(NC(=O)c1ccccc1[N+](=O)[O-])c1ccc(Cl)cc1. The number of carbonyl (C=O) groups is 2. The lowest BCUT2D eigenvalue weighted by molar-refractivity contribution is -0.385. The highest BCUT2D eigenvalue weighted by atomic mass is 35.5. The second-order valence-electron chi connectivity index (χ2n) is 5.13. The molecule has 25 heavy (non-hydrogen) atoms. The summed E-state index contributed by atoms with van der Waals surface area (Å²) in [5.74, 6) is -1.18. The predicted octanol–water partition coefficient (Wildman–Crippen LogP) is 3.28. The zero-order chi connectivity index (χ0) is 18.4. The summed E-state index contributed by atoms with van der Waals surface area (Å²) < 4.78 is 4.65. The predicted molar refractivity (Wildman–Crippen MR) is 91.4 cm³/mol. The molecule has 1 atom stereocenters. The van der Waals surface area contributed by atoms with Crippen LogP contribution >= 0.6 is 11.6 Å². The number of nitrogens with one attached hydrogen (secondary N) is 1. The van der Waals surface area contributed by atoms with Crippen LogP contribution in [0, 0.1) is 10.1 Å². The number of nitro groups is 1. The van der Waals surface area contributed by atoms with Gasteiger partial charge < -0.3 is 10.1 Å². The number of hydrogen-bond donors (Lipinski definition) is 1. The molecule has 0 fully saturated rings. The van der Waals surface area contributed by atoms with E-state index in [2.05, 4.69) is 10.1 Å². The summed E-state index contributed by atoms with van der Waals surface area (Å²) in [7, 11) is 1.24. The summed E-state index contributed by atoms with van der Waals surface area (Å²) in [6.45, 7) is 0. The lowest BCUT2D eigenvalue weighted by Crippen LogP contribution is -2.31. The molecule has 0 saturated heterocycles. The van der Waals surface area contributed by atoms with Crippen molar-refractivity contribution in [1.29, 1.82) is 0 Å². The smallest absolute Gasteiger partial charge is 0.307 e. The van der Waals surface area contributed by atoms with Gasteiger partial charge in [0.15, 0.2) is 0 Å². The number of carbonyl (C=O) groups excluding carboxylic acids is 2. The van der Waals surface area contributed by atoms with Crippen molar-refractivity contribution in [2.45, 2.75) is 12.5 Å². The summed E-state index contributed by atoms with van der Waals surface area (Å²) in [5, 5.41) is 14.2. The Kier molecular flexibility index (Phi) is 6.08. The number of amides is 1. The van der Waals surface area contributed by atoms with E-state index in [4.69, 9.17) is 11.6 Å². The van der Waals surface area contributed by atoms with Crippen LogP contribution in [0.25, 0.3) is 0 Å². The molecule has 0 aliphatic carbocycles. The van der Waals surface area contributed by atoms with E-state index in [1.165, 1.54) is 31.4 Å². The third-order valence-corrected chi connectivity index (χ3v) is 3.77. The molecule has 1 unspecified atom stereocenters. The van der Waals surface area contributed by atoms with Crippen molar-refractivity contribution in [1.82, 2.24) is 5.32 Å². The first-order valence-corrected chi connectivity index (χ1v) is 7.66. The Morgan fingerprint density at radius 1 is 1.20 bits per heavy atom. The van der Waals surface area contributed by atoms with Crippen LogP contribution in [-0.2, 0) is 9.53 Å². The highest BCUT2D eigenvalue weighted by Gasteiger charge is 2.24. The number of para-hydroxylation sites is 1. The first-order chi connectivity index (χ1) is 11.9. The minimum atomic E-state index is -0.711. The first kappa shape index (κ1) is 18.4. The van der Waals surface area contributed by atoms with Crippen LogP contribution in [0.5, 0.6) is 0 Å². The van der Waals surface area contributed by atoms with E-state index in [0.717, 1.165) is 0 Å². The molecule has 0 spiro atoms. The maximum atomic E-state index is 12.5. The van der Waals surface area contributed by atoms with E-state index in [0.29, 0.717) is 10.6 Å². The summed E-state index contributed by atoms with van der Waals surface area (Å²) >= 11 is 5.85. The quantitative estimate of drug-likeness (QED) is 0.483. The third kappa shape index (κ3) is 4.77. The van der Waals surface area contributed by atoms with Gasteiger partial charge >= 0.3 is 5.97 Å². The second-order valence-corrected chi connectivity index (χ2v) is 5.57. The van der Waals surface area contributed by atoms with Crippen molar-refractivity contribution in [2.75, 3.05) is 7.11 Å². The summed E-state index contributed by atoms with van der Waals surface area (Å²) in [6, 6.07) is 11.5. The second kappa shape index (κ2) is 8.25. The van der Waals surface area contributed by atoms with Crippen molar-refractivity contribution in [3.63, 3.8) is 0 Å². The molecular formula is C17H15ClN2O5. The standard InChI is InChI=1S/C17H15ClN2O5/c1-25-16(21)10-14(11-6-8-12(18)9-7-11)19-17(22)13-4-2-3-5-15(13)20(23)24/h2-9,14H,10H2,1H3,(H,19,22). The molecule has 2 aromatic carbocycles. The fourth-order valence-corrected chi connectivity index (χ4v) is 2.38. The van der Waals surface area contributed by atoms with Gasteiger partial charge in [-0.25, -0.2) is 0 Å². The van der Waals surface area contributed by atoms with E-state index < -0.39 is 22.8 Å². The largest absolute Gasteiger partial charge is 0.469 e. The number of methoxy groups -OCH3 is 1. The fourth-order valence-electron chi connectivity index (χ4n) is 2.26. The number of nitrogens with zero attached hydrogens (tertiary/aromatic N) is 1. The van der Waals surface area contributed by atoms with Gasteiger partial charge in [-0.2, -0.15) is 0 Å². The Bertz CT molecular complexity index is 792. The molecule has 8 heteroatoms. The summed E-state index contributed by atoms with van der Waals surface area (Å²) in [4.78, 5) is 34.6. The van der Waals surface area contributed by atoms with Gasteiger partial charge in [0, 0.05) is 11.1 Å². The maximum absolute atomic E-state index is 12.5. The van der Waals surface area contributed by atoms with Crippen LogP contribution in [-0.4, -0.2) is 23.9 Å². The lowest BCUT2D eigenvalue weighted by atomic mass is 10.0. The Balaban J connectivity index is 2.30. The molecule has 2 aromatic rings. The molecule has 0 aliphatic rings. The van der Waals surface area contributed by atoms with Crippen molar-refractivity contribution in [2.24, 2.45) is 0 Å². The summed E-state index contributed by atoms with van der Waals surface area (Å²) in [6.07, 6.45) is -0.121. The van der Waals surface area contributed by atoms with Crippen molar-refractivity contribution < 1.29 is 19.2 Å². The average molecular weight is 363 g/mol. The molecule has 7 nitrogen and oxygen atoms in total. The Hall–Kier alpha value is -2.93. The molecule has 2 rings (SSSR count). The molecular weight excluding hydrogens is 348 g/mol. The molecule has 1 N–H and O–H groups in total. The van der Waals surface area contributed by atoms with Gasteiger partial charge in [-0.15, -0.1) is 0 Å². The van der Waals surface area contributed by atoms with E-state index in [1.807, 2.05) is 0 Å². The first-order valence-electron chi connectivity index (χ1n) is 7.29.